The molecule has 0 amide bonds. The molecule has 0 saturated carbocycles. The van der Waals surface area contributed by atoms with Crippen LogP contribution >= 0.6 is 7.92 Å². The van der Waals surface area contributed by atoms with Gasteiger partial charge in [0.1, 0.15) is 0 Å². The van der Waals surface area contributed by atoms with E-state index in [1.807, 2.05) is 0 Å². The van der Waals surface area contributed by atoms with Gasteiger partial charge in [0.15, 0.2) is 0 Å². The summed E-state index contributed by atoms with van der Waals surface area (Å²) in [6.45, 7) is 0. The number of hydrogen-bond acceptors (Lipinski definition) is 0. The Morgan fingerprint density at radius 2 is 0.868 bits per heavy atom. The summed E-state index contributed by atoms with van der Waals surface area (Å²) in [7, 11) is -0.446. The Kier molecular flexibility index (Phi) is 7.37. The summed E-state index contributed by atoms with van der Waals surface area (Å²) < 4.78 is 2.95. The first-order valence-electron chi connectivity index (χ1n) is 12.5. The van der Waals surface area contributed by atoms with Crippen molar-refractivity contribution in [1.82, 2.24) is 0 Å². The molecule has 0 unspecified atom stereocenters. The second-order valence-corrected chi connectivity index (χ2v) is 11.8. The van der Waals surface area contributed by atoms with Gasteiger partial charge < -0.3 is 0 Å². The molecule has 0 fully saturated rings. The molecule has 7 aromatic rings. The molecule has 0 aliphatic rings. The van der Waals surface area contributed by atoms with Crippen LogP contribution in [0.25, 0.3) is 32.3 Å². The van der Waals surface area contributed by atoms with Gasteiger partial charge in [0.25, 0.3) is 0 Å². The number of hydrogen-bond donors (Lipinski definition) is 0. The van der Waals surface area contributed by atoms with Crippen molar-refractivity contribution >= 4 is 56.2 Å². The maximum absolute atomic E-state index is 3.19. The number of rotatable bonds is 3. The van der Waals surface area contributed by atoms with Crippen LogP contribution in [0.5, 0.6) is 0 Å². The van der Waals surface area contributed by atoms with Crippen molar-refractivity contribution in [3.05, 3.63) is 151 Å². The largest absolute Gasteiger partial charge is 0.0622 e. The number of benzene rings is 7. The molecule has 0 aliphatic carbocycles. The van der Waals surface area contributed by atoms with E-state index in [2.05, 4.69) is 177 Å². The van der Waals surface area contributed by atoms with E-state index >= 15 is 0 Å². The maximum atomic E-state index is 3.19. The zero-order valence-corrected chi connectivity index (χ0v) is 23.7. The molecular weight excluding hydrogens is 660 g/mol. The second kappa shape index (κ2) is 11.4. The minimum absolute atomic E-state index is 0.446. The Labute approximate surface area is 237 Å². The van der Waals surface area contributed by atoms with Crippen molar-refractivity contribution in [3.63, 3.8) is 0 Å². The molecule has 0 N–H and O–H groups in total. The summed E-state index contributed by atoms with van der Waals surface area (Å²) in [4.78, 5) is 0. The molecule has 0 radical (unpaired) electrons. The van der Waals surface area contributed by atoms with Gasteiger partial charge in [-0.25, -0.2) is 0 Å². The first kappa shape index (κ1) is 24.6. The van der Waals surface area contributed by atoms with Crippen molar-refractivity contribution in [2.75, 3.05) is 0 Å². The van der Waals surface area contributed by atoms with Crippen LogP contribution in [0.15, 0.2) is 146 Å². The van der Waals surface area contributed by atoms with Crippen LogP contribution in [-0.4, -0.2) is 0 Å². The quantitative estimate of drug-likeness (QED) is 0.0770. The Bertz CT molecular complexity index is 1760. The first-order chi connectivity index (χ1) is 18.8. The smallest absolute Gasteiger partial charge is 0.0134 e. The third kappa shape index (κ3) is 4.91. The summed E-state index contributed by atoms with van der Waals surface area (Å²) in [5, 5.41) is 12.0. The zero-order chi connectivity index (χ0) is 25.7. The Morgan fingerprint density at radius 3 is 1.37 bits per heavy atom. The van der Waals surface area contributed by atoms with E-state index in [9.17, 15) is 0 Å². The molecule has 0 bridgehead atoms. The zero-order valence-electron chi connectivity index (χ0n) is 20.6. The van der Waals surface area contributed by atoms with Crippen LogP contribution in [0.2, 0.25) is 0 Å². The Hall–Kier alpha value is -3.69. The summed E-state index contributed by atoms with van der Waals surface area (Å²) in [6.07, 6.45) is 0. The van der Waals surface area contributed by atoms with Crippen LogP contribution in [0, 0.1) is 10.1 Å². The van der Waals surface area contributed by atoms with Gasteiger partial charge in [-0.2, -0.15) is 0 Å². The van der Waals surface area contributed by atoms with Gasteiger partial charge in [-0.05, 0) is 23.8 Å². The average Bonchev–Trinajstić information content (AvgIpc) is 2.99. The molecule has 7 rings (SSSR count). The fourth-order valence-electron chi connectivity index (χ4n) is 5.06. The van der Waals surface area contributed by atoms with Gasteiger partial charge >= 0.3 is 124 Å². The summed E-state index contributed by atoms with van der Waals surface area (Å²) >= 11 is 2.27. The van der Waals surface area contributed by atoms with Crippen LogP contribution in [-0.2, 0) is 21.1 Å². The van der Waals surface area contributed by atoms with E-state index in [-0.39, 0.29) is 0 Å². The normalized spacial score (nSPS) is 10.8. The SMILES string of the molecule is [Au][C]#Cc1ccc2ccc3cccc4ccc1c2c34.c1ccc(P(c2ccccc2)c2ccccc2)cc1. The molecular formula is C36H24AuP. The molecule has 0 nitrogen and oxygen atoms in total. The van der Waals surface area contributed by atoms with E-state index in [1.54, 1.807) is 0 Å². The monoisotopic (exact) mass is 684 g/mol. The average molecular weight is 685 g/mol. The van der Waals surface area contributed by atoms with Gasteiger partial charge in [-0.15, -0.1) is 0 Å². The third-order valence-corrected chi connectivity index (χ3v) is 9.46. The summed E-state index contributed by atoms with van der Waals surface area (Å²) in [5.41, 5.74) is 1.10. The van der Waals surface area contributed by atoms with E-state index in [1.165, 1.54) is 48.2 Å². The van der Waals surface area contributed by atoms with E-state index < -0.39 is 7.92 Å². The fraction of sp³-hybridized carbons (Fsp3) is 0. The van der Waals surface area contributed by atoms with E-state index in [0.717, 1.165) is 5.56 Å². The molecule has 0 spiro atoms. The Morgan fingerprint density at radius 1 is 0.421 bits per heavy atom. The van der Waals surface area contributed by atoms with Gasteiger partial charge in [0.05, 0.1) is 0 Å². The molecule has 0 aromatic heterocycles. The maximum Gasteiger partial charge on any atom is -0.0134 e. The van der Waals surface area contributed by atoms with Gasteiger partial charge in [0, 0.05) is 0 Å². The van der Waals surface area contributed by atoms with Crippen LogP contribution < -0.4 is 15.9 Å². The Balaban J connectivity index is 0.000000139. The molecule has 0 saturated heterocycles. The predicted octanol–water partition coefficient (Wildman–Crippen LogP) is 7.88. The minimum Gasteiger partial charge on any atom is -0.0622 e. The minimum atomic E-state index is -0.446. The van der Waals surface area contributed by atoms with E-state index in [0.29, 0.717) is 0 Å². The standard InChI is InChI=1S/C18H15P.C18H9.Au/c1-4-10-16(11-5-1)19(17-12-6-2-7-13-17)18-14-8-3-9-15-18;1-2-12-6-7-15-9-8-13-4-3-5-14-10-11-16(12)18(15)17(13)14;/h1-15H;3-11H;. The molecule has 0 heterocycles. The van der Waals surface area contributed by atoms with E-state index in [4.69, 9.17) is 0 Å². The van der Waals surface area contributed by atoms with Crippen molar-refractivity contribution < 1.29 is 21.1 Å². The van der Waals surface area contributed by atoms with Crippen molar-refractivity contribution in [2.45, 2.75) is 0 Å². The predicted molar refractivity (Wildman–Crippen MR) is 162 cm³/mol. The summed E-state index contributed by atoms with van der Waals surface area (Å²) in [6, 6.07) is 51.9. The van der Waals surface area contributed by atoms with Crippen LogP contribution in [0.4, 0.5) is 0 Å². The van der Waals surface area contributed by atoms with Gasteiger partial charge in [-0.3, -0.25) is 0 Å². The third-order valence-electron chi connectivity index (χ3n) is 6.74. The van der Waals surface area contributed by atoms with Crippen LogP contribution in [0.3, 0.4) is 0 Å². The fourth-order valence-corrected chi connectivity index (χ4v) is 7.66. The molecule has 0 aliphatic heterocycles. The van der Waals surface area contributed by atoms with Crippen molar-refractivity contribution in [1.29, 1.82) is 0 Å². The summed E-state index contributed by atoms with van der Waals surface area (Å²) in [5.74, 6) is 3.19. The molecule has 7 aromatic carbocycles. The first-order valence-corrected chi connectivity index (χ1v) is 15.0. The second-order valence-electron chi connectivity index (χ2n) is 9.01. The van der Waals surface area contributed by atoms with Crippen LogP contribution in [0.1, 0.15) is 5.56 Å². The van der Waals surface area contributed by atoms with Crippen molar-refractivity contribution in [3.8, 4) is 10.1 Å². The van der Waals surface area contributed by atoms with Gasteiger partial charge in [0.2, 0.25) is 0 Å². The van der Waals surface area contributed by atoms with Crippen molar-refractivity contribution in [2.24, 2.45) is 0 Å². The molecule has 184 valence electrons. The van der Waals surface area contributed by atoms with Gasteiger partial charge in [-0.1, -0.05) is 91.0 Å². The molecule has 2 heteroatoms. The molecule has 38 heavy (non-hydrogen) atoms. The molecule has 0 atom stereocenters. The topological polar surface area (TPSA) is 0 Å².